The molecule has 0 aliphatic heterocycles. The zero-order valence-electron chi connectivity index (χ0n) is 13.2. The fourth-order valence-corrected chi connectivity index (χ4v) is 2.95. The Labute approximate surface area is 126 Å². The van der Waals surface area contributed by atoms with Crippen LogP contribution in [0, 0.1) is 6.92 Å². The van der Waals surface area contributed by atoms with Crippen LogP contribution in [0.25, 0.3) is 0 Å². The second-order valence-electron chi connectivity index (χ2n) is 6.15. The number of nitrogens with zero attached hydrogens (tertiary/aromatic N) is 1. The lowest BCUT2D eigenvalue weighted by molar-refractivity contribution is -0.153. The average Bonchev–Trinajstić information content (AvgIpc) is 2.69. The number of aromatic nitrogens is 1. The van der Waals surface area contributed by atoms with E-state index in [1.807, 2.05) is 27.7 Å². The van der Waals surface area contributed by atoms with Gasteiger partial charge in [0.05, 0.1) is 11.4 Å². The van der Waals surface area contributed by atoms with Gasteiger partial charge in [0.15, 0.2) is 0 Å². The lowest BCUT2D eigenvalue weighted by Crippen LogP contribution is -2.24. The zero-order valence-corrected chi connectivity index (χ0v) is 14.0. The highest BCUT2D eigenvalue weighted by atomic mass is 32.1. The third-order valence-corrected chi connectivity index (χ3v) is 3.95. The van der Waals surface area contributed by atoms with Gasteiger partial charge in [-0.05, 0) is 40.5 Å². The second kappa shape index (κ2) is 7.02. The molecular weight excluding hydrogens is 270 g/mol. The first-order valence-electron chi connectivity index (χ1n) is 7.01. The highest BCUT2D eigenvalue weighted by molar-refractivity contribution is 7.09. The molecule has 0 N–H and O–H groups in total. The molecule has 0 aliphatic rings. The number of carbonyl (C=O) groups is 1. The minimum Gasteiger partial charge on any atom is -0.460 e. The molecule has 1 aromatic rings. The molecule has 0 saturated heterocycles. The summed E-state index contributed by atoms with van der Waals surface area (Å²) >= 11 is 1.68. The zero-order chi connectivity index (χ0) is 15.3. The lowest BCUT2D eigenvalue weighted by Gasteiger charge is -2.20. The summed E-state index contributed by atoms with van der Waals surface area (Å²) in [5.41, 5.74) is 1.54. The van der Waals surface area contributed by atoms with E-state index in [1.54, 1.807) is 11.3 Å². The normalized spacial score (nSPS) is 13.1. The van der Waals surface area contributed by atoms with Crippen LogP contribution in [0.3, 0.4) is 0 Å². The van der Waals surface area contributed by atoms with Crippen LogP contribution in [0.1, 0.15) is 63.6 Å². The Balaban J connectivity index is 2.54. The Morgan fingerprint density at radius 3 is 2.60 bits per heavy atom. The molecule has 1 rings (SSSR count). The highest BCUT2D eigenvalue weighted by Crippen LogP contribution is 2.30. The van der Waals surface area contributed by atoms with Gasteiger partial charge in [-0.1, -0.05) is 19.1 Å². The Hall–Kier alpha value is -1.16. The maximum Gasteiger partial charge on any atom is 0.310 e. The van der Waals surface area contributed by atoms with Crippen LogP contribution in [0.15, 0.2) is 17.5 Å². The number of ether oxygens (including phenoxy) is 1. The van der Waals surface area contributed by atoms with Gasteiger partial charge < -0.3 is 4.74 Å². The average molecular weight is 295 g/mol. The van der Waals surface area contributed by atoms with Crippen molar-refractivity contribution in [1.82, 2.24) is 4.98 Å². The van der Waals surface area contributed by atoms with Gasteiger partial charge in [-0.15, -0.1) is 11.3 Å². The molecule has 0 amide bonds. The Morgan fingerprint density at radius 2 is 2.15 bits per heavy atom. The molecule has 0 spiro atoms. The standard InChI is InChI=1S/C16H25NO2S/c1-7-13(15-17-12(3)10-20-15)8-11(2)9-14(18)19-16(4,5)6/h10,13H,2,7-9H2,1,3-6H3. The van der Waals surface area contributed by atoms with Crippen molar-refractivity contribution in [3.63, 3.8) is 0 Å². The van der Waals surface area contributed by atoms with Crippen LogP contribution >= 0.6 is 11.3 Å². The molecule has 0 bridgehead atoms. The Bertz CT molecular complexity index is 471. The molecule has 4 heteroatoms. The van der Waals surface area contributed by atoms with Crippen molar-refractivity contribution in [2.45, 2.75) is 65.4 Å². The van der Waals surface area contributed by atoms with E-state index in [4.69, 9.17) is 4.74 Å². The van der Waals surface area contributed by atoms with E-state index in [2.05, 4.69) is 23.9 Å². The maximum absolute atomic E-state index is 11.8. The van der Waals surface area contributed by atoms with Gasteiger partial charge in [0.2, 0.25) is 0 Å². The smallest absolute Gasteiger partial charge is 0.310 e. The van der Waals surface area contributed by atoms with Crippen LogP contribution in [0.4, 0.5) is 0 Å². The monoisotopic (exact) mass is 295 g/mol. The van der Waals surface area contributed by atoms with Gasteiger partial charge in [-0.2, -0.15) is 0 Å². The molecule has 0 aliphatic carbocycles. The van der Waals surface area contributed by atoms with Crippen molar-refractivity contribution in [3.05, 3.63) is 28.2 Å². The minimum absolute atomic E-state index is 0.201. The number of carbonyl (C=O) groups excluding carboxylic acids is 1. The molecule has 1 atom stereocenters. The number of rotatable bonds is 6. The van der Waals surface area contributed by atoms with Crippen molar-refractivity contribution in [2.75, 3.05) is 0 Å². The molecule has 0 aromatic carbocycles. The summed E-state index contributed by atoms with van der Waals surface area (Å²) in [6.07, 6.45) is 2.08. The predicted molar refractivity (Wildman–Crippen MR) is 84.1 cm³/mol. The van der Waals surface area contributed by atoms with Crippen LogP contribution in [0.5, 0.6) is 0 Å². The van der Waals surface area contributed by atoms with E-state index in [0.717, 1.165) is 29.1 Å². The minimum atomic E-state index is -0.437. The van der Waals surface area contributed by atoms with Crippen molar-refractivity contribution in [1.29, 1.82) is 0 Å². The molecule has 112 valence electrons. The van der Waals surface area contributed by atoms with Gasteiger partial charge in [0, 0.05) is 17.0 Å². The summed E-state index contributed by atoms with van der Waals surface area (Å²) in [5.74, 6) is 0.149. The molecule has 0 saturated carbocycles. The molecule has 3 nitrogen and oxygen atoms in total. The van der Waals surface area contributed by atoms with Gasteiger partial charge in [-0.25, -0.2) is 4.98 Å². The first-order valence-corrected chi connectivity index (χ1v) is 7.89. The number of hydrogen-bond acceptors (Lipinski definition) is 4. The lowest BCUT2D eigenvalue weighted by atomic mass is 9.96. The van der Waals surface area contributed by atoms with Gasteiger partial charge in [0.1, 0.15) is 5.60 Å². The topological polar surface area (TPSA) is 39.2 Å². The Morgan fingerprint density at radius 1 is 1.50 bits per heavy atom. The summed E-state index contributed by atoms with van der Waals surface area (Å²) in [6, 6.07) is 0. The molecule has 0 radical (unpaired) electrons. The first-order chi connectivity index (χ1) is 9.21. The molecule has 1 aromatic heterocycles. The van der Waals surface area contributed by atoms with Crippen LogP contribution in [0.2, 0.25) is 0 Å². The van der Waals surface area contributed by atoms with Gasteiger partial charge >= 0.3 is 5.97 Å². The SMILES string of the molecule is C=C(CC(=O)OC(C)(C)C)CC(CC)c1nc(C)cs1. The summed E-state index contributed by atoms with van der Waals surface area (Å²) in [4.78, 5) is 16.3. The van der Waals surface area contributed by atoms with E-state index < -0.39 is 5.60 Å². The fourth-order valence-electron chi connectivity index (χ4n) is 1.97. The van der Waals surface area contributed by atoms with E-state index in [-0.39, 0.29) is 12.4 Å². The van der Waals surface area contributed by atoms with E-state index in [9.17, 15) is 4.79 Å². The summed E-state index contributed by atoms with van der Waals surface area (Å²) in [5, 5.41) is 3.20. The number of aryl methyl sites for hydroxylation is 1. The summed E-state index contributed by atoms with van der Waals surface area (Å²) in [7, 11) is 0. The molecule has 20 heavy (non-hydrogen) atoms. The van der Waals surface area contributed by atoms with Gasteiger partial charge in [-0.3, -0.25) is 4.79 Å². The fraction of sp³-hybridized carbons (Fsp3) is 0.625. The number of esters is 1. The molecule has 1 unspecified atom stereocenters. The molecule has 0 fully saturated rings. The largest absolute Gasteiger partial charge is 0.460 e. The quantitative estimate of drug-likeness (QED) is 0.567. The van der Waals surface area contributed by atoms with Crippen molar-refractivity contribution >= 4 is 17.3 Å². The predicted octanol–water partition coefficient (Wildman–Crippen LogP) is 4.62. The molecule has 1 heterocycles. The summed E-state index contributed by atoms with van der Waals surface area (Å²) < 4.78 is 5.32. The van der Waals surface area contributed by atoms with Crippen molar-refractivity contribution in [2.24, 2.45) is 0 Å². The van der Waals surface area contributed by atoms with Crippen molar-refractivity contribution in [3.8, 4) is 0 Å². The van der Waals surface area contributed by atoms with Crippen LogP contribution < -0.4 is 0 Å². The third-order valence-electron chi connectivity index (χ3n) is 2.83. The Kier molecular flexibility index (Phi) is 5.93. The first kappa shape index (κ1) is 16.9. The maximum atomic E-state index is 11.8. The van der Waals surface area contributed by atoms with Crippen LogP contribution in [-0.4, -0.2) is 16.6 Å². The van der Waals surface area contributed by atoms with Gasteiger partial charge in [0.25, 0.3) is 0 Å². The third kappa shape index (κ3) is 5.87. The molecular formula is C16H25NO2S. The highest BCUT2D eigenvalue weighted by Gasteiger charge is 2.19. The number of hydrogen-bond donors (Lipinski definition) is 0. The second-order valence-corrected chi connectivity index (χ2v) is 7.04. The van der Waals surface area contributed by atoms with E-state index in [0.29, 0.717) is 5.92 Å². The van der Waals surface area contributed by atoms with Crippen molar-refractivity contribution < 1.29 is 9.53 Å². The van der Waals surface area contributed by atoms with E-state index >= 15 is 0 Å². The summed E-state index contributed by atoms with van der Waals surface area (Å²) in [6.45, 7) is 13.8. The van der Waals surface area contributed by atoms with E-state index in [1.165, 1.54) is 0 Å². The van der Waals surface area contributed by atoms with Crippen LogP contribution in [-0.2, 0) is 9.53 Å². The number of thiazole rings is 1.